The molecule has 0 radical (unpaired) electrons. The van der Waals surface area contributed by atoms with Crippen LogP contribution in [0.1, 0.15) is 26.3 Å². The van der Waals surface area contributed by atoms with Crippen LogP contribution in [0.25, 0.3) is 167 Å². The number of benzene rings is 19. The van der Waals surface area contributed by atoms with E-state index in [9.17, 15) is 0 Å². The second-order valence-corrected chi connectivity index (χ2v) is 34.6. The van der Waals surface area contributed by atoms with Gasteiger partial charge in [-0.1, -0.05) is 433 Å². The van der Waals surface area contributed by atoms with Gasteiger partial charge in [0, 0.05) is 77.9 Å². The summed E-state index contributed by atoms with van der Waals surface area (Å²) in [4.78, 5) is 5.49. The Morgan fingerprint density at radius 2 is 0.417 bits per heavy atom. The molecule has 2 aliphatic heterocycles. The molecule has 2 aliphatic rings. The minimum Gasteiger partial charge on any atom is -0.310 e. The minimum absolute atomic E-state index is 0.367. The van der Waals surface area contributed by atoms with Crippen molar-refractivity contribution in [1.82, 2.24) is 9.13 Å². The highest BCUT2D eigenvalue weighted by molar-refractivity contribution is 7.00. The maximum atomic E-state index is 2.74. The van der Waals surface area contributed by atoms with Gasteiger partial charge in [0.15, 0.2) is 0 Å². The van der Waals surface area contributed by atoms with Gasteiger partial charge in [0.05, 0.1) is 34.2 Å². The average Bonchev–Trinajstić information content (AvgIpc) is 1.40. The number of hydrogen-bond acceptors (Lipinski definition) is 2. The molecule has 0 saturated carbocycles. The fourth-order valence-corrected chi connectivity index (χ4v) is 20.2. The van der Waals surface area contributed by atoms with Gasteiger partial charge in [-0.15, -0.1) is 0 Å². The van der Waals surface area contributed by atoms with Crippen molar-refractivity contribution < 1.29 is 0 Å². The van der Waals surface area contributed by atoms with Gasteiger partial charge < -0.3 is 18.9 Å². The largest absolute Gasteiger partial charge is 0.310 e. The summed E-state index contributed by atoms with van der Waals surface area (Å²) in [5.41, 5.74) is 39.8. The van der Waals surface area contributed by atoms with Crippen LogP contribution in [0.5, 0.6) is 0 Å². The van der Waals surface area contributed by atoms with E-state index in [4.69, 9.17) is 0 Å². The zero-order chi connectivity index (χ0) is 84.6. The van der Waals surface area contributed by atoms with Gasteiger partial charge >= 0.3 is 0 Å². The molecule has 127 heavy (non-hydrogen) atoms. The Balaban J connectivity index is 0.897. The Bertz CT molecular complexity index is 6960. The molecule has 0 aliphatic carbocycles. The van der Waals surface area contributed by atoms with Crippen LogP contribution in [0.15, 0.2) is 473 Å². The molecule has 0 saturated heterocycles. The average molecular weight is 1620 g/mol. The van der Waals surface area contributed by atoms with Crippen LogP contribution in [0.3, 0.4) is 0 Å². The molecule has 0 N–H and O–H groups in total. The number of para-hydroxylation sites is 2. The van der Waals surface area contributed by atoms with Gasteiger partial charge in [-0.05, 0) is 177 Å². The van der Waals surface area contributed by atoms with E-state index in [2.05, 4.69) is 513 Å². The second kappa shape index (κ2) is 31.7. The van der Waals surface area contributed by atoms with Crippen LogP contribution in [-0.4, -0.2) is 15.8 Å². The number of nitrogens with zero attached hydrogens (tertiary/aromatic N) is 4. The molecule has 598 valence electrons. The maximum Gasteiger partial charge on any atom is 0.252 e. The summed E-state index contributed by atoms with van der Waals surface area (Å²) in [5, 5.41) is 4.70. The van der Waals surface area contributed by atoms with Gasteiger partial charge in [0.2, 0.25) is 0 Å². The molecule has 0 unspecified atom stereocenters. The fraction of sp³-hybridized carbons (Fsp3) is 0.0328. The Kier molecular flexibility index (Phi) is 18.9. The Morgan fingerprint density at radius 1 is 0.189 bits per heavy atom. The third-order valence-electron chi connectivity index (χ3n) is 26.0. The second-order valence-electron chi connectivity index (χ2n) is 34.6. The summed E-state index contributed by atoms with van der Waals surface area (Å²) in [6.07, 6.45) is 0. The summed E-state index contributed by atoms with van der Waals surface area (Å²) in [5.74, 6) is 0. The lowest BCUT2D eigenvalue weighted by molar-refractivity contribution is 0.590. The Morgan fingerprint density at radius 3 is 0.677 bits per heavy atom. The van der Waals surface area contributed by atoms with Crippen LogP contribution >= 0.6 is 0 Å². The summed E-state index contributed by atoms with van der Waals surface area (Å²) < 4.78 is 5.16. The molecule has 0 atom stereocenters. The van der Waals surface area contributed by atoms with Crippen molar-refractivity contribution >= 4 is 78.8 Å². The van der Waals surface area contributed by atoms with E-state index in [0.717, 1.165) is 180 Å². The standard InChI is InChI=1S/C122H87BN4/c1-122(2,3)98-78-113-115-114(79-98)127(121-103(96-60-34-56-92(76-96)84-42-16-6-17-43-84)68-37-69-104(121)97-61-35-57-93(77-97)85-44-18-7-19-45-85)112-81-100(125-118(88-50-24-10-25-51-88)107-64-30-31-65-108(107)119(125)89-52-26-11-27-53-89)71-73-110(112)123(115)109-72-70-99(124-116(86-46-20-8-21-47-86)105-62-28-29-63-106(105)117(124)87-48-22-9-23-49-87)80-111(109)126(113)120-101(94-58-32-54-90(74-94)82-38-12-4-13-39-82)66-36-67-102(120)95-59-33-55-91(75-95)83-40-14-5-15-41-83/h4-81H,1-3H3. The van der Waals surface area contributed by atoms with E-state index in [1.165, 1.54) is 43.5 Å². The van der Waals surface area contributed by atoms with Crippen LogP contribution in [0.4, 0.5) is 34.1 Å². The summed E-state index contributed by atoms with van der Waals surface area (Å²) >= 11 is 0. The number of fused-ring (bicyclic) bond motifs is 6. The van der Waals surface area contributed by atoms with Crippen molar-refractivity contribution in [2.45, 2.75) is 26.2 Å². The maximum absolute atomic E-state index is 2.74. The minimum atomic E-state index is -0.434. The van der Waals surface area contributed by atoms with Crippen molar-refractivity contribution in [3.8, 4) is 145 Å². The lowest BCUT2D eigenvalue weighted by Crippen LogP contribution is -2.61. The molecule has 0 bridgehead atoms. The molecule has 0 amide bonds. The zero-order valence-corrected chi connectivity index (χ0v) is 70.9. The molecule has 0 fully saturated rings. The monoisotopic (exact) mass is 1620 g/mol. The predicted molar refractivity (Wildman–Crippen MR) is 538 cm³/mol. The number of aromatic nitrogens is 2. The van der Waals surface area contributed by atoms with Crippen molar-refractivity contribution in [2.75, 3.05) is 9.80 Å². The topological polar surface area (TPSA) is 16.3 Å². The molecular weight excluding hydrogens is 1530 g/mol. The summed E-state index contributed by atoms with van der Waals surface area (Å²) in [6.45, 7) is 6.85. The molecule has 0 spiro atoms. The van der Waals surface area contributed by atoms with E-state index in [0.29, 0.717) is 0 Å². The van der Waals surface area contributed by atoms with Gasteiger partial charge in [-0.2, -0.15) is 0 Å². The van der Waals surface area contributed by atoms with Crippen LogP contribution < -0.4 is 26.2 Å². The highest BCUT2D eigenvalue weighted by Gasteiger charge is 2.47. The third-order valence-corrected chi connectivity index (χ3v) is 26.0. The highest BCUT2D eigenvalue weighted by atomic mass is 15.2. The smallest absolute Gasteiger partial charge is 0.252 e. The molecule has 19 aromatic carbocycles. The normalized spacial score (nSPS) is 12.2. The van der Waals surface area contributed by atoms with E-state index in [1.54, 1.807) is 0 Å². The molecule has 23 rings (SSSR count). The molecular formula is C122H87BN4. The number of anilines is 6. The first-order valence-electron chi connectivity index (χ1n) is 44.1. The van der Waals surface area contributed by atoms with Gasteiger partial charge in [0.1, 0.15) is 0 Å². The SMILES string of the molecule is CC(C)(C)c1cc2c3c(c1)N(c1c(-c4cccc(-c5ccccc5)c4)cccc1-c1cccc(-c4ccccc4)c1)c1cc(-n4c(-c5ccccc5)c5ccccc5c4-c4ccccc4)ccc1B3c1ccc(-n3c(-c4ccccc4)c4ccccc4c3-c3ccccc3)cc1N2c1c(-c2cccc(-c3ccccc3)c2)cccc1-c1cccc(-c2ccccc2)c1. The Labute approximate surface area is 742 Å². The lowest BCUT2D eigenvalue weighted by Gasteiger charge is -2.46. The van der Waals surface area contributed by atoms with Gasteiger partial charge in [-0.25, -0.2) is 0 Å². The first-order valence-corrected chi connectivity index (χ1v) is 44.1. The predicted octanol–water partition coefficient (Wildman–Crippen LogP) is 31.0. The first-order chi connectivity index (χ1) is 62.7. The van der Waals surface area contributed by atoms with E-state index in [-0.39, 0.29) is 6.71 Å². The number of rotatable bonds is 16. The molecule has 4 nitrogen and oxygen atoms in total. The third kappa shape index (κ3) is 13.3. The summed E-state index contributed by atoms with van der Waals surface area (Å²) in [7, 11) is 0. The van der Waals surface area contributed by atoms with Crippen molar-refractivity contribution in [3.63, 3.8) is 0 Å². The van der Waals surface area contributed by atoms with Gasteiger partial charge in [0.25, 0.3) is 6.71 Å². The van der Waals surface area contributed by atoms with E-state index < -0.39 is 5.41 Å². The van der Waals surface area contributed by atoms with Crippen molar-refractivity contribution in [3.05, 3.63) is 479 Å². The van der Waals surface area contributed by atoms with Crippen molar-refractivity contribution in [1.29, 1.82) is 0 Å². The molecule has 2 aromatic heterocycles. The van der Waals surface area contributed by atoms with E-state index >= 15 is 0 Å². The van der Waals surface area contributed by atoms with Gasteiger partial charge in [-0.3, -0.25) is 0 Å². The molecule has 4 heterocycles. The first kappa shape index (κ1) is 75.9. The van der Waals surface area contributed by atoms with E-state index in [1.807, 2.05) is 0 Å². The Hall–Kier alpha value is -16.1. The fourth-order valence-electron chi connectivity index (χ4n) is 20.2. The molecule has 21 aromatic rings. The van der Waals surface area contributed by atoms with Crippen LogP contribution in [0, 0.1) is 0 Å². The highest BCUT2D eigenvalue weighted by Crippen LogP contribution is 2.56. The number of hydrogen-bond donors (Lipinski definition) is 0. The zero-order valence-electron chi connectivity index (χ0n) is 70.9. The lowest BCUT2D eigenvalue weighted by atomic mass is 9.33. The van der Waals surface area contributed by atoms with Crippen molar-refractivity contribution in [2.24, 2.45) is 0 Å². The van der Waals surface area contributed by atoms with Crippen LogP contribution in [0.2, 0.25) is 0 Å². The summed E-state index contributed by atoms with van der Waals surface area (Å²) in [6, 6.07) is 177. The van der Waals surface area contributed by atoms with Crippen LogP contribution in [-0.2, 0) is 5.41 Å². The molecule has 5 heteroatoms. The quantitative estimate of drug-likeness (QED) is 0.0897.